The van der Waals surface area contributed by atoms with Crippen molar-refractivity contribution < 1.29 is 4.79 Å². The maximum absolute atomic E-state index is 12.4. The zero-order valence-corrected chi connectivity index (χ0v) is 11.8. The van der Waals surface area contributed by atoms with Gasteiger partial charge in [-0.3, -0.25) is 4.79 Å². The second-order valence-electron chi connectivity index (χ2n) is 6.46. The summed E-state index contributed by atoms with van der Waals surface area (Å²) in [6.45, 7) is 2.00. The Morgan fingerprint density at radius 2 is 1.95 bits per heavy atom. The summed E-state index contributed by atoms with van der Waals surface area (Å²) in [6, 6.07) is 5.66. The van der Waals surface area contributed by atoms with E-state index in [9.17, 15) is 4.79 Å². The van der Waals surface area contributed by atoms with Gasteiger partial charge in [0.25, 0.3) is 0 Å². The van der Waals surface area contributed by atoms with Crippen molar-refractivity contribution in [3.8, 4) is 0 Å². The highest BCUT2D eigenvalue weighted by atomic mass is 35.5. The van der Waals surface area contributed by atoms with Gasteiger partial charge < -0.3 is 5.32 Å². The fourth-order valence-corrected chi connectivity index (χ4v) is 4.79. The predicted octanol–water partition coefficient (Wildman–Crippen LogP) is 3.88. The number of hydrogen-bond acceptors (Lipinski definition) is 1. The van der Waals surface area contributed by atoms with Crippen LogP contribution in [0, 0.1) is 36.5 Å². The average molecular weight is 276 g/mol. The summed E-state index contributed by atoms with van der Waals surface area (Å²) in [6.07, 6.45) is 4.09. The van der Waals surface area contributed by atoms with E-state index in [2.05, 4.69) is 5.32 Å². The molecule has 0 aromatic heterocycles. The Labute approximate surface area is 118 Å². The number of carbonyl (C=O) groups is 1. The van der Waals surface area contributed by atoms with Crippen LogP contribution in [0.2, 0.25) is 5.02 Å². The number of fused-ring (bicyclic) bond motifs is 5. The van der Waals surface area contributed by atoms with Gasteiger partial charge in [-0.2, -0.15) is 0 Å². The number of aryl methyl sites for hydroxylation is 1. The molecule has 19 heavy (non-hydrogen) atoms. The Morgan fingerprint density at radius 1 is 1.26 bits per heavy atom. The normalized spacial score (nSPS) is 38.1. The van der Waals surface area contributed by atoms with Crippen LogP contribution < -0.4 is 5.32 Å². The van der Waals surface area contributed by atoms with Gasteiger partial charge in [-0.25, -0.2) is 0 Å². The van der Waals surface area contributed by atoms with Crippen molar-refractivity contribution in [3.63, 3.8) is 0 Å². The third-order valence-electron chi connectivity index (χ3n) is 5.50. The van der Waals surface area contributed by atoms with Crippen LogP contribution in [0.25, 0.3) is 0 Å². The number of amides is 1. The first-order valence-electron chi connectivity index (χ1n) is 7.22. The van der Waals surface area contributed by atoms with E-state index in [-0.39, 0.29) is 11.8 Å². The van der Waals surface area contributed by atoms with Crippen LogP contribution >= 0.6 is 11.6 Å². The summed E-state index contributed by atoms with van der Waals surface area (Å²) in [7, 11) is 0. The highest BCUT2D eigenvalue weighted by molar-refractivity contribution is 6.31. The van der Waals surface area contributed by atoms with Crippen molar-refractivity contribution in [1.82, 2.24) is 0 Å². The predicted molar refractivity (Wildman–Crippen MR) is 76.1 cm³/mol. The van der Waals surface area contributed by atoms with Gasteiger partial charge in [0, 0.05) is 16.6 Å². The van der Waals surface area contributed by atoms with Gasteiger partial charge in [-0.15, -0.1) is 0 Å². The third kappa shape index (κ3) is 1.73. The van der Waals surface area contributed by atoms with Crippen LogP contribution in [0.3, 0.4) is 0 Å². The molecule has 4 atom stereocenters. The Bertz CT molecular complexity index is 540. The summed E-state index contributed by atoms with van der Waals surface area (Å²) in [5.74, 6) is 3.57. The maximum Gasteiger partial charge on any atom is 0.228 e. The molecule has 3 fully saturated rings. The van der Waals surface area contributed by atoms with E-state index in [1.807, 2.05) is 25.1 Å². The lowest BCUT2D eigenvalue weighted by atomic mass is 10.0. The largest absolute Gasteiger partial charge is 0.326 e. The zero-order valence-electron chi connectivity index (χ0n) is 11.0. The number of hydrogen-bond donors (Lipinski definition) is 1. The van der Waals surface area contributed by atoms with Crippen molar-refractivity contribution in [2.24, 2.45) is 29.6 Å². The maximum atomic E-state index is 12.4. The van der Waals surface area contributed by atoms with E-state index in [1.165, 1.54) is 19.3 Å². The molecule has 1 aromatic rings. The Morgan fingerprint density at radius 3 is 2.63 bits per heavy atom. The van der Waals surface area contributed by atoms with E-state index >= 15 is 0 Å². The average Bonchev–Trinajstić information content (AvgIpc) is 2.83. The molecule has 100 valence electrons. The van der Waals surface area contributed by atoms with Gasteiger partial charge in [-0.05, 0) is 67.6 Å². The number of nitrogens with one attached hydrogen (secondary N) is 1. The quantitative estimate of drug-likeness (QED) is 0.872. The molecule has 3 aliphatic carbocycles. The lowest BCUT2D eigenvalue weighted by Gasteiger charge is -2.11. The smallest absolute Gasteiger partial charge is 0.228 e. The van der Waals surface area contributed by atoms with Crippen molar-refractivity contribution in [3.05, 3.63) is 28.8 Å². The molecule has 0 radical (unpaired) electrons. The first-order valence-corrected chi connectivity index (χ1v) is 7.60. The second kappa shape index (κ2) is 3.99. The van der Waals surface area contributed by atoms with Crippen LogP contribution in [-0.4, -0.2) is 5.91 Å². The first-order chi connectivity index (χ1) is 9.15. The molecule has 3 aliphatic rings. The van der Waals surface area contributed by atoms with Crippen LogP contribution in [-0.2, 0) is 4.79 Å². The number of anilines is 1. The topological polar surface area (TPSA) is 29.1 Å². The van der Waals surface area contributed by atoms with E-state index < -0.39 is 0 Å². The van der Waals surface area contributed by atoms with Crippen LogP contribution in [0.5, 0.6) is 0 Å². The van der Waals surface area contributed by atoms with Crippen molar-refractivity contribution >= 4 is 23.2 Å². The van der Waals surface area contributed by atoms with Gasteiger partial charge in [0.15, 0.2) is 0 Å². The molecule has 0 spiro atoms. The molecular weight excluding hydrogens is 258 g/mol. The molecule has 2 bridgehead atoms. The lowest BCUT2D eigenvalue weighted by molar-refractivity contribution is -0.118. The van der Waals surface area contributed by atoms with Crippen LogP contribution in [0.15, 0.2) is 18.2 Å². The number of halogens is 1. The molecular formula is C16H18ClNO. The van der Waals surface area contributed by atoms with Gasteiger partial charge in [0.2, 0.25) is 5.91 Å². The number of carbonyl (C=O) groups excluding carboxylic acids is 1. The SMILES string of the molecule is Cc1ccc(Cl)cc1NC(=O)C1[C@@H]2[C@H]3CC[C@@H](C3)[C@@H]12. The molecule has 1 amide bonds. The first kappa shape index (κ1) is 11.8. The Balaban J connectivity index is 1.50. The fourth-order valence-electron chi connectivity index (χ4n) is 4.62. The monoisotopic (exact) mass is 275 g/mol. The molecule has 0 saturated heterocycles. The highest BCUT2D eigenvalue weighted by Gasteiger charge is 2.67. The molecule has 2 nitrogen and oxygen atoms in total. The zero-order chi connectivity index (χ0) is 13.1. The highest BCUT2D eigenvalue weighted by Crippen LogP contribution is 2.69. The second-order valence-corrected chi connectivity index (χ2v) is 6.90. The molecule has 0 aliphatic heterocycles. The fraction of sp³-hybridized carbons (Fsp3) is 0.562. The van der Waals surface area contributed by atoms with Crippen LogP contribution in [0.4, 0.5) is 5.69 Å². The van der Waals surface area contributed by atoms with Crippen molar-refractivity contribution in [2.75, 3.05) is 5.32 Å². The summed E-state index contributed by atoms with van der Waals surface area (Å²) in [5, 5.41) is 3.76. The molecule has 3 heteroatoms. The summed E-state index contributed by atoms with van der Waals surface area (Å²) in [4.78, 5) is 12.4. The molecule has 1 aromatic carbocycles. The Hall–Kier alpha value is -1.02. The van der Waals surface area contributed by atoms with E-state index in [0.29, 0.717) is 16.9 Å². The number of rotatable bonds is 2. The standard InChI is InChI=1S/C16H18ClNO/c1-8-2-5-11(17)7-12(8)18-16(19)15-13-9-3-4-10(6-9)14(13)15/h2,5,7,9-10,13-15H,3-4,6H2,1H3,(H,18,19)/t9-,10-,13+,14+/m0/s1. The van der Waals surface area contributed by atoms with E-state index in [1.54, 1.807) is 0 Å². The minimum absolute atomic E-state index is 0.219. The summed E-state index contributed by atoms with van der Waals surface area (Å²) in [5.41, 5.74) is 1.95. The molecule has 0 unspecified atom stereocenters. The molecule has 1 N–H and O–H groups in total. The lowest BCUT2D eigenvalue weighted by Crippen LogP contribution is -2.19. The minimum atomic E-state index is 0.219. The van der Waals surface area contributed by atoms with E-state index in [4.69, 9.17) is 11.6 Å². The van der Waals surface area contributed by atoms with Crippen LogP contribution in [0.1, 0.15) is 24.8 Å². The van der Waals surface area contributed by atoms with Crippen molar-refractivity contribution in [1.29, 1.82) is 0 Å². The van der Waals surface area contributed by atoms with Gasteiger partial charge in [0.1, 0.15) is 0 Å². The summed E-state index contributed by atoms with van der Waals surface area (Å²) < 4.78 is 0. The molecule has 3 saturated carbocycles. The van der Waals surface area contributed by atoms with Gasteiger partial charge in [-0.1, -0.05) is 17.7 Å². The third-order valence-corrected chi connectivity index (χ3v) is 5.73. The molecule has 0 heterocycles. The number of benzene rings is 1. The van der Waals surface area contributed by atoms with E-state index in [0.717, 1.165) is 23.1 Å². The summed E-state index contributed by atoms with van der Waals surface area (Å²) >= 11 is 6.00. The van der Waals surface area contributed by atoms with Gasteiger partial charge in [0.05, 0.1) is 0 Å². The Kier molecular flexibility index (Phi) is 2.47. The minimum Gasteiger partial charge on any atom is -0.326 e. The van der Waals surface area contributed by atoms with Crippen molar-refractivity contribution in [2.45, 2.75) is 26.2 Å². The van der Waals surface area contributed by atoms with Gasteiger partial charge >= 0.3 is 0 Å². The molecule has 4 rings (SSSR count).